The molecule has 1 aliphatic carbocycles. The molecule has 1 saturated carbocycles. The van der Waals surface area contributed by atoms with Gasteiger partial charge in [0.05, 0.1) is 17.2 Å². The van der Waals surface area contributed by atoms with Crippen LogP contribution in [0.3, 0.4) is 0 Å². The molecule has 0 radical (unpaired) electrons. The molecular weight excluding hydrogens is 288 g/mol. The Balaban J connectivity index is 1.57. The first-order chi connectivity index (χ1) is 11.3. The van der Waals surface area contributed by atoms with Crippen LogP contribution in [0, 0.1) is 0 Å². The van der Waals surface area contributed by atoms with E-state index in [1.165, 1.54) is 12.8 Å². The van der Waals surface area contributed by atoms with Crippen LogP contribution in [0.2, 0.25) is 0 Å². The number of hydrogen-bond donors (Lipinski definition) is 1. The highest BCUT2D eigenvalue weighted by Crippen LogP contribution is 2.29. The average Bonchev–Trinajstić information content (AvgIpc) is 3.26. The smallest absolute Gasteiger partial charge is 0.276 e. The zero-order chi connectivity index (χ0) is 15.6. The van der Waals surface area contributed by atoms with Crippen molar-refractivity contribution in [2.75, 3.05) is 5.32 Å². The summed E-state index contributed by atoms with van der Waals surface area (Å²) >= 11 is 0. The molecule has 0 atom stereocenters. The number of fused-ring (bicyclic) bond motifs is 1. The largest absolute Gasteiger partial charge is 0.319 e. The van der Waals surface area contributed by atoms with Crippen molar-refractivity contribution in [3.8, 4) is 0 Å². The predicted octanol–water partition coefficient (Wildman–Crippen LogP) is 3.80. The fourth-order valence-corrected chi connectivity index (χ4v) is 3.22. The Labute approximate surface area is 134 Å². The Morgan fingerprint density at radius 3 is 2.83 bits per heavy atom. The molecule has 1 N–H and O–H groups in total. The van der Waals surface area contributed by atoms with Gasteiger partial charge in [0.25, 0.3) is 5.91 Å². The Morgan fingerprint density at radius 2 is 1.96 bits per heavy atom. The van der Waals surface area contributed by atoms with Gasteiger partial charge < -0.3 is 5.32 Å². The summed E-state index contributed by atoms with van der Waals surface area (Å²) < 4.78 is 1.93. The number of aromatic nitrogens is 3. The van der Waals surface area contributed by atoms with Gasteiger partial charge in [-0.05, 0) is 31.0 Å². The average molecular weight is 306 g/mol. The quantitative estimate of drug-likeness (QED) is 0.800. The lowest BCUT2D eigenvalue weighted by molar-refractivity contribution is 0.102. The Kier molecular flexibility index (Phi) is 3.54. The van der Waals surface area contributed by atoms with Crippen LogP contribution < -0.4 is 5.32 Å². The van der Waals surface area contributed by atoms with Gasteiger partial charge in [0.2, 0.25) is 0 Å². The number of benzene rings is 1. The maximum Gasteiger partial charge on any atom is 0.276 e. The van der Waals surface area contributed by atoms with Gasteiger partial charge in [0.1, 0.15) is 0 Å². The van der Waals surface area contributed by atoms with Gasteiger partial charge in [0.15, 0.2) is 5.69 Å². The summed E-state index contributed by atoms with van der Waals surface area (Å²) in [5, 5.41) is 8.38. The number of rotatable bonds is 3. The van der Waals surface area contributed by atoms with E-state index in [1.807, 2.05) is 41.2 Å². The van der Waals surface area contributed by atoms with Crippen LogP contribution in [0.15, 0.2) is 48.8 Å². The van der Waals surface area contributed by atoms with E-state index in [2.05, 4.69) is 15.4 Å². The Bertz CT molecular complexity index is 844. The summed E-state index contributed by atoms with van der Waals surface area (Å²) in [5.41, 5.74) is 1.95. The van der Waals surface area contributed by atoms with Crippen LogP contribution in [0.25, 0.3) is 10.9 Å². The number of nitrogens with one attached hydrogen (secondary N) is 1. The van der Waals surface area contributed by atoms with Crippen LogP contribution in [0.4, 0.5) is 5.69 Å². The minimum Gasteiger partial charge on any atom is -0.319 e. The third-order valence-corrected chi connectivity index (χ3v) is 4.42. The molecule has 0 aliphatic heterocycles. The summed E-state index contributed by atoms with van der Waals surface area (Å²) in [5.74, 6) is -0.195. The van der Waals surface area contributed by atoms with E-state index in [0.717, 1.165) is 23.7 Å². The lowest BCUT2D eigenvalue weighted by atomic mass is 10.2. The number of hydrogen-bond acceptors (Lipinski definition) is 3. The Morgan fingerprint density at radius 1 is 1.13 bits per heavy atom. The first kappa shape index (κ1) is 13.9. The zero-order valence-corrected chi connectivity index (χ0v) is 12.8. The molecule has 2 heterocycles. The second kappa shape index (κ2) is 5.83. The molecule has 5 nitrogen and oxygen atoms in total. The molecule has 0 saturated heterocycles. The monoisotopic (exact) mass is 306 g/mol. The van der Waals surface area contributed by atoms with Crippen molar-refractivity contribution in [2.45, 2.75) is 31.7 Å². The molecule has 3 aromatic rings. The van der Waals surface area contributed by atoms with E-state index >= 15 is 0 Å². The first-order valence-electron chi connectivity index (χ1n) is 8.01. The van der Waals surface area contributed by atoms with Crippen molar-refractivity contribution in [2.24, 2.45) is 0 Å². The molecule has 2 aromatic heterocycles. The van der Waals surface area contributed by atoms with Gasteiger partial charge in [-0.25, -0.2) is 0 Å². The highest BCUT2D eigenvalue weighted by molar-refractivity contribution is 6.07. The maximum atomic E-state index is 12.5. The highest BCUT2D eigenvalue weighted by Gasteiger charge is 2.19. The molecule has 116 valence electrons. The summed E-state index contributed by atoms with van der Waals surface area (Å²) in [7, 11) is 0. The minimum atomic E-state index is -0.195. The fourth-order valence-electron chi connectivity index (χ4n) is 3.22. The molecule has 1 amide bonds. The van der Waals surface area contributed by atoms with Crippen molar-refractivity contribution < 1.29 is 4.79 Å². The number of nitrogens with zero attached hydrogens (tertiary/aromatic N) is 3. The summed E-state index contributed by atoms with van der Waals surface area (Å²) in [6, 6.07) is 11.8. The highest BCUT2D eigenvalue weighted by atomic mass is 16.1. The molecule has 0 bridgehead atoms. The van der Waals surface area contributed by atoms with Crippen LogP contribution in [0.1, 0.15) is 42.2 Å². The lowest BCUT2D eigenvalue weighted by Gasteiger charge is -2.09. The van der Waals surface area contributed by atoms with E-state index < -0.39 is 0 Å². The van der Waals surface area contributed by atoms with Gasteiger partial charge in [-0.15, -0.1) is 0 Å². The van der Waals surface area contributed by atoms with E-state index in [9.17, 15) is 4.79 Å². The molecule has 0 spiro atoms. The number of carbonyl (C=O) groups is 1. The van der Waals surface area contributed by atoms with Crippen molar-refractivity contribution in [1.29, 1.82) is 0 Å². The summed E-state index contributed by atoms with van der Waals surface area (Å²) in [4.78, 5) is 16.8. The number of pyridine rings is 1. The number of anilines is 1. The van der Waals surface area contributed by atoms with Crippen LogP contribution in [-0.4, -0.2) is 20.7 Å². The van der Waals surface area contributed by atoms with Crippen molar-refractivity contribution in [3.05, 3.63) is 54.5 Å². The summed E-state index contributed by atoms with van der Waals surface area (Å²) in [6.07, 6.45) is 8.42. The molecular formula is C18H18N4O. The van der Waals surface area contributed by atoms with Crippen molar-refractivity contribution in [3.63, 3.8) is 0 Å². The van der Waals surface area contributed by atoms with Crippen molar-refractivity contribution >= 4 is 22.5 Å². The standard InChI is InChI=1S/C18H18N4O/c23-18(16-10-12-22(21-16)14-7-1-2-8-14)20-15-9-3-5-13-6-4-11-19-17(13)15/h3-6,9-12,14H,1-2,7-8H2,(H,20,23). The lowest BCUT2D eigenvalue weighted by Crippen LogP contribution is -2.14. The molecule has 1 aromatic carbocycles. The molecule has 4 rings (SSSR count). The van der Waals surface area contributed by atoms with E-state index in [1.54, 1.807) is 12.3 Å². The van der Waals surface area contributed by atoms with E-state index in [-0.39, 0.29) is 5.91 Å². The van der Waals surface area contributed by atoms with Crippen LogP contribution in [-0.2, 0) is 0 Å². The molecule has 1 fully saturated rings. The van der Waals surface area contributed by atoms with E-state index in [4.69, 9.17) is 0 Å². The molecule has 1 aliphatic rings. The molecule has 23 heavy (non-hydrogen) atoms. The number of amides is 1. The fraction of sp³-hybridized carbons (Fsp3) is 0.278. The second-order valence-corrected chi connectivity index (χ2v) is 5.95. The number of carbonyl (C=O) groups excluding carboxylic acids is 1. The SMILES string of the molecule is O=C(Nc1cccc2cccnc12)c1ccn(C2CCCC2)n1. The van der Waals surface area contributed by atoms with E-state index in [0.29, 0.717) is 17.4 Å². The van der Waals surface area contributed by atoms with Gasteiger partial charge in [0, 0.05) is 17.8 Å². The van der Waals surface area contributed by atoms with Crippen molar-refractivity contribution in [1.82, 2.24) is 14.8 Å². The first-order valence-corrected chi connectivity index (χ1v) is 8.01. The second-order valence-electron chi connectivity index (χ2n) is 5.95. The van der Waals surface area contributed by atoms with Gasteiger partial charge >= 0.3 is 0 Å². The van der Waals surface area contributed by atoms with Crippen LogP contribution in [0.5, 0.6) is 0 Å². The topological polar surface area (TPSA) is 59.8 Å². The molecule has 5 heteroatoms. The summed E-state index contributed by atoms with van der Waals surface area (Å²) in [6.45, 7) is 0. The van der Waals surface area contributed by atoms with Gasteiger partial charge in [-0.3, -0.25) is 14.5 Å². The van der Waals surface area contributed by atoms with Gasteiger partial charge in [-0.1, -0.05) is 31.0 Å². The number of para-hydroxylation sites is 1. The maximum absolute atomic E-state index is 12.5. The van der Waals surface area contributed by atoms with Gasteiger partial charge in [-0.2, -0.15) is 5.10 Å². The zero-order valence-electron chi connectivity index (χ0n) is 12.8. The van der Waals surface area contributed by atoms with Crippen LogP contribution >= 0.6 is 0 Å². The third kappa shape index (κ3) is 2.70. The predicted molar refractivity (Wildman–Crippen MR) is 89.4 cm³/mol. The molecule has 0 unspecified atom stereocenters. The normalized spacial score (nSPS) is 15.1. The third-order valence-electron chi connectivity index (χ3n) is 4.42. The minimum absolute atomic E-state index is 0.195. The Hall–Kier alpha value is -2.69.